The van der Waals surface area contributed by atoms with Crippen molar-refractivity contribution in [3.8, 4) is 0 Å². The van der Waals surface area contributed by atoms with Gasteiger partial charge in [0.2, 0.25) is 0 Å². The van der Waals surface area contributed by atoms with Gasteiger partial charge in [0, 0.05) is 0 Å². The van der Waals surface area contributed by atoms with Crippen LogP contribution in [0.1, 0.15) is 60.9 Å². The van der Waals surface area contributed by atoms with Crippen molar-refractivity contribution in [1.82, 2.24) is 0 Å². The minimum atomic E-state index is -0.427. The van der Waals surface area contributed by atoms with E-state index in [0.717, 1.165) is 24.8 Å². The maximum Gasteiger partial charge on any atom is 0.373 e. The molecular weight excluding hydrogens is 252 g/mol. The van der Waals surface area contributed by atoms with Gasteiger partial charge in [-0.25, -0.2) is 4.79 Å². The minimum Gasteiger partial charge on any atom is -0.293 e. The molecule has 1 aromatic rings. The third kappa shape index (κ3) is 7.29. The highest BCUT2D eigenvalue weighted by atomic mass is 17.2. The Morgan fingerprint density at radius 2 is 1.80 bits per heavy atom. The molecule has 0 saturated heterocycles. The number of carbonyl (C=O) groups excluding carboxylic acids is 1. The van der Waals surface area contributed by atoms with Gasteiger partial charge in [-0.2, -0.15) is 4.89 Å². The minimum absolute atomic E-state index is 0.427. The van der Waals surface area contributed by atoms with Crippen LogP contribution in [-0.2, 0) is 9.78 Å². The highest BCUT2D eigenvalue weighted by molar-refractivity contribution is 5.89. The molecule has 20 heavy (non-hydrogen) atoms. The van der Waals surface area contributed by atoms with Crippen molar-refractivity contribution in [1.29, 1.82) is 0 Å². The van der Waals surface area contributed by atoms with Gasteiger partial charge in [0.15, 0.2) is 0 Å². The summed E-state index contributed by atoms with van der Waals surface area (Å²) in [6.07, 6.45) is 7.98. The van der Waals surface area contributed by atoms with Crippen LogP contribution in [0.25, 0.3) is 0 Å². The van der Waals surface area contributed by atoms with Crippen molar-refractivity contribution >= 4 is 5.97 Å². The second-order valence-corrected chi connectivity index (χ2v) is 5.04. The average Bonchev–Trinajstić information content (AvgIpc) is 2.45. The molecule has 1 aromatic carbocycles. The van der Waals surface area contributed by atoms with E-state index in [4.69, 9.17) is 9.78 Å². The van der Waals surface area contributed by atoms with E-state index in [-0.39, 0.29) is 0 Å². The summed E-state index contributed by atoms with van der Waals surface area (Å²) in [5.74, 6) is -0.427. The average molecular weight is 277 g/mol. The number of hydrogen-bond donors (Lipinski definition) is 0. The predicted octanol–water partition coefficient (Wildman–Crippen LogP) is 4.65. The molecule has 1 radical (unpaired) electrons. The van der Waals surface area contributed by atoms with Crippen LogP contribution >= 0.6 is 0 Å². The van der Waals surface area contributed by atoms with Gasteiger partial charge >= 0.3 is 5.97 Å². The Morgan fingerprint density at radius 1 is 1.10 bits per heavy atom. The lowest BCUT2D eigenvalue weighted by molar-refractivity contribution is -0.241. The molecule has 0 aliphatic rings. The number of rotatable bonds is 10. The molecule has 111 valence electrons. The summed E-state index contributed by atoms with van der Waals surface area (Å²) in [5.41, 5.74) is 1.56. The molecule has 0 bridgehead atoms. The van der Waals surface area contributed by atoms with Gasteiger partial charge in [0.1, 0.15) is 0 Å². The van der Waals surface area contributed by atoms with Crippen LogP contribution in [-0.4, -0.2) is 12.6 Å². The summed E-state index contributed by atoms with van der Waals surface area (Å²) in [6.45, 7) is 6.22. The quantitative estimate of drug-likeness (QED) is 0.355. The van der Waals surface area contributed by atoms with Crippen LogP contribution in [0.15, 0.2) is 24.3 Å². The maximum absolute atomic E-state index is 11.7. The third-order valence-electron chi connectivity index (χ3n) is 3.12. The zero-order valence-corrected chi connectivity index (χ0v) is 12.4. The standard InChI is InChI=1S/C17H25O3/c1-3-4-5-6-7-8-9-13-19-20-17(18)16-12-10-11-15(2)14-16/h10-12,14H,1,3-9,13H2,2H3. The fourth-order valence-corrected chi connectivity index (χ4v) is 1.96. The van der Waals surface area contributed by atoms with Crippen molar-refractivity contribution in [2.45, 2.75) is 51.9 Å². The van der Waals surface area contributed by atoms with Crippen LogP contribution in [0.5, 0.6) is 0 Å². The zero-order chi connectivity index (χ0) is 14.6. The number of carbonyl (C=O) groups is 1. The summed E-state index contributed by atoms with van der Waals surface area (Å²) in [6, 6.07) is 7.28. The number of aryl methyl sites for hydroxylation is 1. The molecule has 0 spiro atoms. The summed E-state index contributed by atoms with van der Waals surface area (Å²) in [5, 5.41) is 0. The predicted molar refractivity (Wildman–Crippen MR) is 80.2 cm³/mol. The van der Waals surface area contributed by atoms with Gasteiger partial charge in [-0.3, -0.25) is 4.89 Å². The summed E-state index contributed by atoms with van der Waals surface area (Å²) >= 11 is 0. The van der Waals surface area contributed by atoms with E-state index in [2.05, 4.69) is 6.92 Å². The zero-order valence-electron chi connectivity index (χ0n) is 12.4. The molecule has 0 aliphatic carbocycles. The molecule has 0 saturated carbocycles. The third-order valence-corrected chi connectivity index (χ3v) is 3.12. The fraction of sp³-hybridized carbons (Fsp3) is 0.529. The second-order valence-electron chi connectivity index (χ2n) is 5.04. The number of unbranched alkanes of at least 4 members (excludes halogenated alkanes) is 6. The molecule has 3 heteroatoms. The first-order chi connectivity index (χ1) is 9.74. The molecule has 0 unspecified atom stereocenters. The molecule has 0 fully saturated rings. The van der Waals surface area contributed by atoms with Gasteiger partial charge in [-0.15, -0.1) is 0 Å². The van der Waals surface area contributed by atoms with Gasteiger partial charge < -0.3 is 0 Å². The first-order valence-corrected chi connectivity index (χ1v) is 7.43. The largest absolute Gasteiger partial charge is 0.373 e. The molecule has 0 amide bonds. The Bertz CT molecular complexity index is 388. The van der Waals surface area contributed by atoms with Crippen LogP contribution in [0.4, 0.5) is 0 Å². The van der Waals surface area contributed by atoms with Crippen molar-refractivity contribution in [2.24, 2.45) is 0 Å². The lowest BCUT2D eigenvalue weighted by Crippen LogP contribution is -2.07. The van der Waals surface area contributed by atoms with E-state index in [9.17, 15) is 4.79 Å². The van der Waals surface area contributed by atoms with E-state index in [1.807, 2.05) is 19.1 Å². The highest BCUT2D eigenvalue weighted by Crippen LogP contribution is 2.08. The van der Waals surface area contributed by atoms with Crippen LogP contribution in [0, 0.1) is 13.8 Å². The molecule has 0 atom stereocenters. The molecule has 0 N–H and O–H groups in total. The fourth-order valence-electron chi connectivity index (χ4n) is 1.96. The van der Waals surface area contributed by atoms with Crippen molar-refractivity contribution < 1.29 is 14.6 Å². The summed E-state index contributed by atoms with van der Waals surface area (Å²) in [7, 11) is 0. The lowest BCUT2D eigenvalue weighted by atomic mass is 10.1. The van der Waals surface area contributed by atoms with E-state index in [1.54, 1.807) is 12.1 Å². The first kappa shape index (κ1) is 16.7. The first-order valence-electron chi connectivity index (χ1n) is 7.43. The highest BCUT2D eigenvalue weighted by Gasteiger charge is 2.07. The maximum atomic E-state index is 11.7. The smallest absolute Gasteiger partial charge is 0.293 e. The molecule has 1 rings (SSSR count). The van der Waals surface area contributed by atoms with Crippen molar-refractivity contribution in [3.63, 3.8) is 0 Å². The van der Waals surface area contributed by atoms with Crippen LogP contribution in [0.3, 0.4) is 0 Å². The van der Waals surface area contributed by atoms with Gasteiger partial charge in [-0.05, 0) is 25.5 Å². The number of benzene rings is 1. The lowest BCUT2D eigenvalue weighted by Gasteiger charge is -2.04. The topological polar surface area (TPSA) is 35.5 Å². The van der Waals surface area contributed by atoms with Crippen molar-refractivity contribution in [3.05, 3.63) is 42.3 Å². The Labute approximate surface area is 122 Å². The van der Waals surface area contributed by atoms with Crippen LogP contribution in [0.2, 0.25) is 0 Å². The Kier molecular flexibility index (Phi) is 8.72. The normalized spacial score (nSPS) is 10.5. The number of hydrogen-bond acceptors (Lipinski definition) is 3. The Hall–Kier alpha value is -1.35. The molecule has 0 heterocycles. The summed E-state index contributed by atoms with van der Waals surface area (Å²) < 4.78 is 0. The van der Waals surface area contributed by atoms with E-state index in [1.165, 1.54) is 25.7 Å². The van der Waals surface area contributed by atoms with Crippen molar-refractivity contribution in [2.75, 3.05) is 6.61 Å². The van der Waals surface area contributed by atoms with Crippen LogP contribution < -0.4 is 0 Å². The second kappa shape index (κ2) is 10.4. The molecule has 0 aromatic heterocycles. The molecule has 0 aliphatic heterocycles. The van der Waals surface area contributed by atoms with Gasteiger partial charge in [0.05, 0.1) is 12.2 Å². The SMILES string of the molecule is [CH2]CCCCCCCCOOC(=O)c1cccc(C)c1. The molecular formula is C17H25O3. The Morgan fingerprint density at radius 3 is 2.50 bits per heavy atom. The van der Waals surface area contributed by atoms with E-state index >= 15 is 0 Å². The Balaban J connectivity index is 2.02. The van der Waals surface area contributed by atoms with Gasteiger partial charge in [-0.1, -0.05) is 63.1 Å². The van der Waals surface area contributed by atoms with E-state index in [0.29, 0.717) is 12.2 Å². The van der Waals surface area contributed by atoms with Gasteiger partial charge in [0.25, 0.3) is 0 Å². The monoisotopic (exact) mass is 277 g/mol. The molecule has 3 nitrogen and oxygen atoms in total. The van der Waals surface area contributed by atoms with E-state index < -0.39 is 5.97 Å². The summed E-state index contributed by atoms with van der Waals surface area (Å²) in [4.78, 5) is 21.4.